The van der Waals surface area contributed by atoms with Crippen molar-refractivity contribution in [1.82, 2.24) is 5.32 Å². The Morgan fingerprint density at radius 2 is 2.04 bits per heavy atom. The van der Waals surface area contributed by atoms with Crippen molar-refractivity contribution in [2.24, 2.45) is 0 Å². The zero-order valence-corrected chi connectivity index (χ0v) is 13.0. The van der Waals surface area contributed by atoms with Crippen LogP contribution >= 0.6 is 0 Å². The molecule has 0 fully saturated rings. The highest BCUT2D eigenvalue weighted by molar-refractivity contribution is 5.67. The number of halogens is 1. The molecule has 0 bridgehead atoms. The van der Waals surface area contributed by atoms with Crippen molar-refractivity contribution in [1.29, 1.82) is 5.26 Å². The van der Waals surface area contributed by atoms with Gasteiger partial charge in [0.05, 0.1) is 11.6 Å². The number of ether oxygens (including phenoxy) is 1. The van der Waals surface area contributed by atoms with Crippen LogP contribution in [0.3, 0.4) is 0 Å². The first-order valence-corrected chi connectivity index (χ1v) is 7.50. The number of rotatable bonds is 6. The molecule has 1 N–H and O–H groups in total. The monoisotopic (exact) mass is 324 g/mol. The van der Waals surface area contributed by atoms with Gasteiger partial charge >= 0.3 is 6.09 Å². The minimum absolute atomic E-state index is 0.217. The van der Waals surface area contributed by atoms with E-state index in [1.54, 1.807) is 12.2 Å². The molecule has 0 atom stereocenters. The normalized spacial score (nSPS) is 10.3. The average molecular weight is 324 g/mol. The van der Waals surface area contributed by atoms with Crippen molar-refractivity contribution in [3.63, 3.8) is 0 Å². The summed E-state index contributed by atoms with van der Waals surface area (Å²) < 4.78 is 18.6. The van der Waals surface area contributed by atoms with Crippen LogP contribution in [0.4, 0.5) is 9.18 Å². The minimum Gasteiger partial charge on any atom is -0.445 e. The van der Waals surface area contributed by atoms with E-state index in [4.69, 9.17) is 10.00 Å². The van der Waals surface area contributed by atoms with Crippen molar-refractivity contribution < 1.29 is 13.9 Å². The third-order valence-corrected chi connectivity index (χ3v) is 3.22. The molecule has 0 saturated carbocycles. The van der Waals surface area contributed by atoms with Gasteiger partial charge in [-0.25, -0.2) is 9.18 Å². The van der Waals surface area contributed by atoms with Crippen LogP contribution in [0.1, 0.15) is 23.1 Å². The molecule has 0 aliphatic carbocycles. The van der Waals surface area contributed by atoms with Crippen molar-refractivity contribution in [2.45, 2.75) is 13.0 Å². The van der Waals surface area contributed by atoms with E-state index in [1.807, 2.05) is 36.4 Å². The number of hydrogen-bond donors (Lipinski definition) is 1. The lowest BCUT2D eigenvalue weighted by atomic mass is 10.1. The summed E-state index contributed by atoms with van der Waals surface area (Å²) >= 11 is 0. The van der Waals surface area contributed by atoms with Crippen molar-refractivity contribution in [3.05, 3.63) is 77.1 Å². The van der Waals surface area contributed by atoms with E-state index in [9.17, 15) is 9.18 Å². The number of benzene rings is 2. The van der Waals surface area contributed by atoms with Crippen LogP contribution in [-0.2, 0) is 11.3 Å². The lowest BCUT2D eigenvalue weighted by Gasteiger charge is -2.05. The summed E-state index contributed by atoms with van der Waals surface area (Å²) in [7, 11) is 0. The van der Waals surface area contributed by atoms with E-state index in [0.29, 0.717) is 24.1 Å². The Hall–Kier alpha value is -3.13. The second-order valence-corrected chi connectivity index (χ2v) is 5.03. The largest absolute Gasteiger partial charge is 0.445 e. The highest BCUT2D eigenvalue weighted by Crippen LogP contribution is 2.12. The van der Waals surface area contributed by atoms with Gasteiger partial charge in [-0.2, -0.15) is 5.26 Å². The number of nitriles is 1. The van der Waals surface area contributed by atoms with E-state index < -0.39 is 6.09 Å². The number of amides is 1. The maximum absolute atomic E-state index is 13.6. The summed E-state index contributed by atoms with van der Waals surface area (Å²) in [6.07, 6.45) is 3.35. The smallest absolute Gasteiger partial charge is 0.407 e. The zero-order valence-electron chi connectivity index (χ0n) is 13.0. The molecule has 0 radical (unpaired) electrons. The maximum atomic E-state index is 13.6. The van der Waals surface area contributed by atoms with Gasteiger partial charge in [0, 0.05) is 12.1 Å². The molecular formula is C19H17FN2O2. The Morgan fingerprint density at radius 3 is 2.79 bits per heavy atom. The highest BCUT2D eigenvalue weighted by Gasteiger charge is 2.02. The molecule has 2 rings (SSSR count). The number of alkyl carbamates (subject to hydrolysis) is 1. The lowest BCUT2D eigenvalue weighted by Crippen LogP contribution is -2.24. The third kappa shape index (κ3) is 5.58. The Balaban J connectivity index is 1.71. The number of nitrogens with zero attached hydrogens (tertiary/aromatic N) is 1. The molecule has 1 amide bonds. The fourth-order valence-electron chi connectivity index (χ4n) is 1.98. The van der Waals surface area contributed by atoms with E-state index in [0.717, 1.165) is 5.56 Å². The van der Waals surface area contributed by atoms with Gasteiger partial charge < -0.3 is 10.1 Å². The summed E-state index contributed by atoms with van der Waals surface area (Å²) in [5, 5.41) is 11.4. The Morgan fingerprint density at radius 1 is 1.25 bits per heavy atom. The number of carbonyl (C=O) groups excluding carboxylic acids is 1. The van der Waals surface area contributed by atoms with Gasteiger partial charge in [0.2, 0.25) is 0 Å². The Labute approximate surface area is 140 Å². The summed E-state index contributed by atoms with van der Waals surface area (Å²) in [4.78, 5) is 11.5. The van der Waals surface area contributed by atoms with Crippen LogP contribution in [0.5, 0.6) is 0 Å². The van der Waals surface area contributed by atoms with Crippen molar-refractivity contribution in [3.8, 4) is 6.07 Å². The lowest BCUT2D eigenvalue weighted by molar-refractivity contribution is 0.140. The molecular weight excluding hydrogens is 307 g/mol. The summed E-state index contributed by atoms with van der Waals surface area (Å²) in [6.45, 7) is 0.596. The van der Waals surface area contributed by atoms with Gasteiger partial charge in [-0.05, 0) is 30.2 Å². The fraction of sp³-hybridized carbons (Fsp3) is 0.158. The van der Waals surface area contributed by atoms with Crippen LogP contribution in [-0.4, -0.2) is 12.6 Å². The number of hydrogen-bond acceptors (Lipinski definition) is 3. The predicted octanol–water partition coefficient (Wildman–Crippen LogP) is 4.03. The Bertz CT molecular complexity index is 752. The summed E-state index contributed by atoms with van der Waals surface area (Å²) in [5.74, 6) is -0.388. The molecule has 4 nitrogen and oxygen atoms in total. The molecule has 24 heavy (non-hydrogen) atoms. The number of nitrogens with one attached hydrogen (secondary N) is 1. The standard InChI is InChI=1S/C19H17FN2O2/c20-18-10-9-16(13-21)12-17(18)8-4-5-11-22-19(23)24-14-15-6-2-1-3-7-15/h1-4,6-10,12H,5,11,14H2,(H,22,23). The molecule has 2 aromatic carbocycles. The predicted molar refractivity (Wildman–Crippen MR) is 89.4 cm³/mol. The molecule has 5 heteroatoms. The Kier molecular flexibility index (Phi) is 6.54. The van der Waals surface area contributed by atoms with Gasteiger partial charge in [-0.15, -0.1) is 0 Å². The van der Waals surface area contributed by atoms with Gasteiger partial charge in [0.25, 0.3) is 0 Å². The number of carbonyl (C=O) groups is 1. The molecule has 0 saturated heterocycles. The van der Waals surface area contributed by atoms with Crippen LogP contribution < -0.4 is 5.32 Å². The molecule has 0 unspecified atom stereocenters. The third-order valence-electron chi connectivity index (χ3n) is 3.22. The molecule has 0 spiro atoms. The van der Waals surface area contributed by atoms with Crippen LogP contribution in [0.2, 0.25) is 0 Å². The molecule has 2 aromatic rings. The zero-order chi connectivity index (χ0) is 17.2. The van der Waals surface area contributed by atoms with Crippen LogP contribution in [0.25, 0.3) is 6.08 Å². The average Bonchev–Trinajstić information content (AvgIpc) is 2.62. The second kappa shape index (κ2) is 9.11. The first-order chi connectivity index (χ1) is 11.7. The SMILES string of the molecule is N#Cc1ccc(F)c(C=CCCNC(=O)OCc2ccccc2)c1. The first kappa shape index (κ1) is 17.2. The minimum atomic E-state index is -0.495. The van der Waals surface area contributed by atoms with Gasteiger partial charge in [0.15, 0.2) is 0 Å². The maximum Gasteiger partial charge on any atom is 0.407 e. The van der Waals surface area contributed by atoms with E-state index >= 15 is 0 Å². The summed E-state index contributed by atoms with van der Waals surface area (Å²) in [5.41, 5.74) is 1.67. The fourth-order valence-corrected chi connectivity index (χ4v) is 1.98. The molecule has 0 aromatic heterocycles. The molecule has 122 valence electrons. The van der Waals surface area contributed by atoms with Crippen LogP contribution in [0, 0.1) is 17.1 Å². The topological polar surface area (TPSA) is 62.1 Å². The first-order valence-electron chi connectivity index (χ1n) is 7.50. The molecule has 0 aliphatic rings. The van der Waals surface area contributed by atoms with E-state index in [2.05, 4.69) is 5.32 Å². The van der Waals surface area contributed by atoms with E-state index in [-0.39, 0.29) is 12.4 Å². The van der Waals surface area contributed by atoms with Crippen molar-refractivity contribution >= 4 is 12.2 Å². The molecule has 0 aliphatic heterocycles. The van der Waals surface area contributed by atoms with Crippen LogP contribution in [0.15, 0.2) is 54.6 Å². The van der Waals surface area contributed by atoms with E-state index in [1.165, 1.54) is 18.2 Å². The quantitative estimate of drug-likeness (QED) is 0.816. The highest BCUT2D eigenvalue weighted by atomic mass is 19.1. The second-order valence-electron chi connectivity index (χ2n) is 5.03. The van der Waals surface area contributed by atoms with Gasteiger partial charge in [-0.1, -0.05) is 42.5 Å². The van der Waals surface area contributed by atoms with Crippen molar-refractivity contribution in [2.75, 3.05) is 6.54 Å². The van der Waals surface area contributed by atoms with Gasteiger partial charge in [0.1, 0.15) is 12.4 Å². The molecule has 0 heterocycles. The summed E-state index contributed by atoms with van der Waals surface area (Å²) in [6, 6.07) is 15.5. The van der Waals surface area contributed by atoms with Gasteiger partial charge in [-0.3, -0.25) is 0 Å².